The maximum atomic E-state index is 12.7. The number of methoxy groups -OCH3 is 1. The van der Waals surface area contributed by atoms with Crippen LogP contribution in [-0.4, -0.2) is 46.6 Å². The van der Waals surface area contributed by atoms with Crippen molar-refractivity contribution in [2.45, 2.75) is 26.8 Å². The molecule has 0 amide bonds. The number of aromatic nitrogens is 3. The molecule has 0 radical (unpaired) electrons. The second kappa shape index (κ2) is 9.99. The number of hydrogen-bond acceptors (Lipinski definition) is 7. The van der Waals surface area contributed by atoms with Crippen LogP contribution in [0.1, 0.15) is 45.1 Å². The standard InChI is InChI=1S/C23H25N3O5/c1-15-11-20(17(3)26(15)16(2)13-29-4)21(27)14-30-23(28)19-8-6-10-25-22(19)31-18-7-5-9-24-12-18/h5-12,16H,13-14H2,1-4H3. The van der Waals surface area contributed by atoms with Gasteiger partial charge in [-0.1, -0.05) is 0 Å². The van der Waals surface area contributed by atoms with Crippen molar-refractivity contribution in [3.8, 4) is 11.6 Å². The lowest BCUT2D eigenvalue weighted by atomic mass is 10.1. The molecule has 0 saturated heterocycles. The van der Waals surface area contributed by atoms with Gasteiger partial charge in [0.25, 0.3) is 0 Å². The second-order valence-electron chi connectivity index (χ2n) is 7.11. The van der Waals surface area contributed by atoms with Gasteiger partial charge in [0.05, 0.1) is 18.8 Å². The first-order valence-corrected chi connectivity index (χ1v) is 9.83. The minimum atomic E-state index is -0.693. The maximum absolute atomic E-state index is 12.7. The number of carbonyl (C=O) groups excluding carboxylic acids is 2. The Morgan fingerprint density at radius 3 is 2.61 bits per heavy atom. The number of aryl methyl sites for hydroxylation is 1. The topological polar surface area (TPSA) is 92.5 Å². The van der Waals surface area contributed by atoms with Gasteiger partial charge in [-0.2, -0.15) is 0 Å². The summed E-state index contributed by atoms with van der Waals surface area (Å²) in [7, 11) is 1.64. The number of hydrogen-bond donors (Lipinski definition) is 0. The van der Waals surface area contributed by atoms with E-state index in [9.17, 15) is 9.59 Å². The normalized spacial score (nSPS) is 11.7. The van der Waals surface area contributed by atoms with Crippen molar-refractivity contribution in [2.24, 2.45) is 0 Å². The first-order chi connectivity index (χ1) is 14.9. The van der Waals surface area contributed by atoms with Gasteiger partial charge in [-0.15, -0.1) is 0 Å². The van der Waals surface area contributed by atoms with Gasteiger partial charge in [-0.25, -0.2) is 9.78 Å². The molecule has 0 aliphatic carbocycles. The predicted octanol–water partition coefficient (Wildman–Crippen LogP) is 3.93. The molecule has 3 rings (SSSR count). The average molecular weight is 423 g/mol. The number of pyridine rings is 2. The Morgan fingerprint density at radius 2 is 1.90 bits per heavy atom. The lowest BCUT2D eigenvalue weighted by Gasteiger charge is -2.17. The molecule has 0 bridgehead atoms. The molecule has 0 aromatic carbocycles. The van der Waals surface area contributed by atoms with E-state index in [1.165, 1.54) is 18.5 Å². The third kappa shape index (κ3) is 5.16. The predicted molar refractivity (Wildman–Crippen MR) is 114 cm³/mol. The first kappa shape index (κ1) is 22.2. The number of Topliss-reactive ketones (excluding diaryl/α,β-unsaturated/α-hetero) is 1. The number of nitrogens with zero attached hydrogens (tertiary/aromatic N) is 3. The summed E-state index contributed by atoms with van der Waals surface area (Å²) in [5.41, 5.74) is 2.39. The summed E-state index contributed by atoms with van der Waals surface area (Å²) in [4.78, 5) is 33.4. The molecule has 0 aliphatic heterocycles. The van der Waals surface area contributed by atoms with Crippen LogP contribution in [0.25, 0.3) is 0 Å². The summed E-state index contributed by atoms with van der Waals surface area (Å²) in [5.74, 6) is -0.457. The fourth-order valence-corrected chi connectivity index (χ4v) is 3.49. The van der Waals surface area contributed by atoms with E-state index in [4.69, 9.17) is 14.2 Å². The van der Waals surface area contributed by atoms with Gasteiger partial charge in [0, 0.05) is 36.5 Å². The summed E-state index contributed by atoms with van der Waals surface area (Å²) in [6.45, 7) is 5.96. The van der Waals surface area contributed by atoms with E-state index >= 15 is 0 Å². The number of rotatable bonds is 9. The van der Waals surface area contributed by atoms with Gasteiger partial charge >= 0.3 is 5.97 Å². The SMILES string of the molecule is COCC(C)n1c(C)cc(C(=O)COC(=O)c2cccnc2Oc2cccnc2)c1C. The molecular weight excluding hydrogens is 398 g/mol. The molecule has 1 unspecified atom stereocenters. The molecule has 0 N–H and O–H groups in total. The maximum Gasteiger partial charge on any atom is 0.344 e. The minimum absolute atomic E-state index is 0.0803. The van der Waals surface area contributed by atoms with Gasteiger partial charge < -0.3 is 18.8 Å². The minimum Gasteiger partial charge on any atom is -0.454 e. The van der Waals surface area contributed by atoms with E-state index in [0.717, 1.165) is 11.4 Å². The molecule has 0 fully saturated rings. The fraction of sp³-hybridized carbons (Fsp3) is 0.304. The third-order valence-electron chi connectivity index (χ3n) is 4.81. The van der Waals surface area contributed by atoms with Crippen LogP contribution < -0.4 is 4.74 Å². The van der Waals surface area contributed by atoms with E-state index in [1.54, 1.807) is 37.6 Å². The van der Waals surface area contributed by atoms with Crippen LogP contribution in [0.2, 0.25) is 0 Å². The van der Waals surface area contributed by atoms with E-state index in [-0.39, 0.29) is 29.9 Å². The van der Waals surface area contributed by atoms with Crippen molar-refractivity contribution >= 4 is 11.8 Å². The Kier molecular flexibility index (Phi) is 7.15. The smallest absolute Gasteiger partial charge is 0.344 e. The summed E-state index contributed by atoms with van der Waals surface area (Å²) >= 11 is 0. The molecule has 31 heavy (non-hydrogen) atoms. The second-order valence-corrected chi connectivity index (χ2v) is 7.11. The van der Waals surface area contributed by atoms with E-state index in [1.807, 2.05) is 25.3 Å². The third-order valence-corrected chi connectivity index (χ3v) is 4.81. The van der Waals surface area contributed by atoms with Crippen LogP contribution in [0.5, 0.6) is 11.6 Å². The Morgan fingerprint density at radius 1 is 1.13 bits per heavy atom. The highest BCUT2D eigenvalue weighted by Gasteiger charge is 2.22. The quantitative estimate of drug-likeness (QED) is 0.380. The van der Waals surface area contributed by atoms with Gasteiger partial charge in [-0.05, 0) is 51.1 Å². The molecule has 8 nitrogen and oxygen atoms in total. The van der Waals surface area contributed by atoms with Crippen molar-refractivity contribution in [3.05, 3.63) is 71.4 Å². The molecule has 3 aromatic heterocycles. The summed E-state index contributed by atoms with van der Waals surface area (Å²) < 4.78 is 18.2. The van der Waals surface area contributed by atoms with Crippen LogP contribution >= 0.6 is 0 Å². The zero-order valence-corrected chi connectivity index (χ0v) is 18.0. The molecule has 0 spiro atoms. The van der Waals surface area contributed by atoms with Gasteiger partial charge in [-0.3, -0.25) is 9.78 Å². The molecule has 3 heterocycles. The van der Waals surface area contributed by atoms with Crippen molar-refractivity contribution in [3.63, 3.8) is 0 Å². The number of esters is 1. The molecular formula is C23H25N3O5. The zero-order valence-electron chi connectivity index (χ0n) is 18.0. The number of ketones is 1. The summed E-state index contributed by atoms with van der Waals surface area (Å²) in [6, 6.07) is 8.41. The lowest BCUT2D eigenvalue weighted by molar-refractivity contribution is 0.0471. The number of carbonyl (C=O) groups is 2. The zero-order chi connectivity index (χ0) is 22.4. The van der Waals surface area contributed by atoms with Crippen molar-refractivity contribution < 1.29 is 23.8 Å². The Labute approximate surface area is 180 Å². The molecule has 162 valence electrons. The Bertz CT molecular complexity index is 1060. The summed E-state index contributed by atoms with van der Waals surface area (Å²) in [6.07, 6.45) is 4.62. The fourth-order valence-electron chi connectivity index (χ4n) is 3.49. The molecule has 8 heteroatoms. The highest BCUT2D eigenvalue weighted by atomic mass is 16.5. The highest BCUT2D eigenvalue weighted by molar-refractivity contribution is 6.00. The Balaban J connectivity index is 1.71. The highest BCUT2D eigenvalue weighted by Crippen LogP contribution is 2.24. The van der Waals surface area contributed by atoms with Gasteiger partial charge in [0.15, 0.2) is 6.61 Å². The van der Waals surface area contributed by atoms with Gasteiger partial charge in [0.1, 0.15) is 11.3 Å². The van der Waals surface area contributed by atoms with E-state index in [0.29, 0.717) is 17.9 Å². The molecule has 3 aromatic rings. The molecule has 0 aliphatic rings. The van der Waals surface area contributed by atoms with Crippen molar-refractivity contribution in [1.82, 2.24) is 14.5 Å². The lowest BCUT2D eigenvalue weighted by Crippen LogP contribution is -2.17. The average Bonchev–Trinajstić information content (AvgIpc) is 3.07. The van der Waals surface area contributed by atoms with Crippen LogP contribution in [0.15, 0.2) is 48.9 Å². The van der Waals surface area contributed by atoms with Gasteiger partial charge in [0.2, 0.25) is 11.7 Å². The van der Waals surface area contributed by atoms with E-state index in [2.05, 4.69) is 9.97 Å². The summed E-state index contributed by atoms with van der Waals surface area (Å²) in [5, 5.41) is 0. The van der Waals surface area contributed by atoms with Crippen molar-refractivity contribution in [1.29, 1.82) is 0 Å². The monoisotopic (exact) mass is 423 g/mol. The van der Waals surface area contributed by atoms with Crippen LogP contribution in [0, 0.1) is 13.8 Å². The van der Waals surface area contributed by atoms with Crippen LogP contribution in [0.3, 0.4) is 0 Å². The largest absolute Gasteiger partial charge is 0.454 e. The molecule has 1 atom stereocenters. The van der Waals surface area contributed by atoms with Crippen LogP contribution in [-0.2, 0) is 9.47 Å². The first-order valence-electron chi connectivity index (χ1n) is 9.83. The van der Waals surface area contributed by atoms with E-state index < -0.39 is 5.97 Å². The Hall–Kier alpha value is -3.52. The number of ether oxygens (including phenoxy) is 3. The van der Waals surface area contributed by atoms with Crippen molar-refractivity contribution in [2.75, 3.05) is 20.3 Å². The molecule has 0 saturated carbocycles. The van der Waals surface area contributed by atoms with Crippen LogP contribution in [0.4, 0.5) is 0 Å².